The van der Waals surface area contributed by atoms with Crippen LogP contribution < -0.4 is 4.74 Å². The molecule has 0 amide bonds. The lowest BCUT2D eigenvalue weighted by Gasteiger charge is -1.97. The predicted octanol–water partition coefficient (Wildman–Crippen LogP) is 2.75. The van der Waals surface area contributed by atoms with Crippen molar-refractivity contribution in [2.75, 3.05) is 7.11 Å². The van der Waals surface area contributed by atoms with Gasteiger partial charge in [-0.3, -0.25) is 0 Å². The molecule has 0 aliphatic heterocycles. The van der Waals surface area contributed by atoms with E-state index in [1.165, 1.54) is 12.8 Å². The lowest BCUT2D eigenvalue weighted by atomic mass is 10.3. The van der Waals surface area contributed by atoms with Crippen LogP contribution in [0.5, 0.6) is 5.88 Å². The van der Waals surface area contributed by atoms with Gasteiger partial charge in [-0.15, -0.1) is 0 Å². The van der Waals surface area contributed by atoms with Crippen molar-refractivity contribution in [1.29, 1.82) is 0 Å². The van der Waals surface area contributed by atoms with Crippen LogP contribution in [0.1, 0.15) is 18.7 Å². The molecule has 0 N–H and O–H groups in total. The second kappa shape index (κ2) is 5.25. The summed E-state index contributed by atoms with van der Waals surface area (Å²) < 4.78 is 15.7. The largest absolute Gasteiger partial charge is 0.481 e. The lowest BCUT2D eigenvalue weighted by Crippen LogP contribution is -1.88. The van der Waals surface area contributed by atoms with Gasteiger partial charge in [0.2, 0.25) is 11.7 Å². The number of pyridine rings is 1. The first-order valence-electron chi connectivity index (χ1n) is 7.11. The highest BCUT2D eigenvalue weighted by Crippen LogP contribution is 2.33. The first-order chi connectivity index (χ1) is 10.8. The number of methoxy groups -OCH3 is 1. The maximum Gasteiger partial charge on any atom is 0.280 e. The number of ether oxygens (including phenoxy) is 1. The molecule has 0 bridgehead atoms. The van der Waals surface area contributed by atoms with E-state index in [1.54, 1.807) is 25.6 Å². The van der Waals surface area contributed by atoms with Gasteiger partial charge in [-0.25, -0.2) is 9.97 Å². The third-order valence-electron chi connectivity index (χ3n) is 3.56. The third-order valence-corrected chi connectivity index (χ3v) is 3.56. The Bertz CT molecular complexity index is 774. The minimum atomic E-state index is 0.344. The van der Waals surface area contributed by atoms with E-state index in [9.17, 15) is 0 Å². The van der Waals surface area contributed by atoms with Crippen molar-refractivity contribution in [3.05, 3.63) is 30.5 Å². The van der Waals surface area contributed by atoms with Gasteiger partial charge in [0, 0.05) is 24.2 Å². The molecule has 22 heavy (non-hydrogen) atoms. The molecule has 0 unspecified atom stereocenters. The van der Waals surface area contributed by atoms with E-state index in [-0.39, 0.29) is 0 Å². The van der Waals surface area contributed by atoms with Crippen LogP contribution in [-0.2, 0) is 6.42 Å². The molecule has 3 heterocycles. The van der Waals surface area contributed by atoms with Crippen molar-refractivity contribution in [2.45, 2.75) is 19.3 Å². The highest BCUT2D eigenvalue weighted by molar-refractivity contribution is 5.56. The number of oxazole rings is 1. The summed E-state index contributed by atoms with van der Waals surface area (Å²) >= 11 is 0. The van der Waals surface area contributed by atoms with Crippen molar-refractivity contribution in [3.8, 4) is 28.9 Å². The molecular formula is C15H14N4O3. The minimum Gasteiger partial charge on any atom is -0.481 e. The van der Waals surface area contributed by atoms with Crippen LogP contribution in [-0.4, -0.2) is 27.2 Å². The molecule has 7 nitrogen and oxygen atoms in total. The van der Waals surface area contributed by atoms with E-state index >= 15 is 0 Å². The summed E-state index contributed by atoms with van der Waals surface area (Å²) in [7, 11) is 1.57. The third kappa shape index (κ3) is 2.57. The molecule has 7 heteroatoms. The summed E-state index contributed by atoms with van der Waals surface area (Å²) in [6.45, 7) is 0. The smallest absolute Gasteiger partial charge is 0.280 e. The summed E-state index contributed by atoms with van der Waals surface area (Å²) in [5.74, 6) is 2.78. The summed E-state index contributed by atoms with van der Waals surface area (Å²) in [6.07, 6.45) is 6.58. The average molecular weight is 298 g/mol. The van der Waals surface area contributed by atoms with Gasteiger partial charge < -0.3 is 13.7 Å². The standard InChI is InChI=1S/C15H14N4O3/c1-20-12-5-4-10(7-16-12)14-18-15(22-19-14)11-8-21-13(17-11)6-9-2-3-9/h4-5,7-9H,2-3,6H2,1H3. The van der Waals surface area contributed by atoms with Crippen LogP contribution in [0.2, 0.25) is 0 Å². The van der Waals surface area contributed by atoms with Gasteiger partial charge in [-0.05, 0) is 24.8 Å². The fourth-order valence-electron chi connectivity index (χ4n) is 2.15. The minimum absolute atomic E-state index is 0.344. The molecule has 4 rings (SSSR count). The Morgan fingerprint density at radius 3 is 2.91 bits per heavy atom. The molecule has 0 saturated heterocycles. The van der Waals surface area contributed by atoms with Gasteiger partial charge in [0.1, 0.15) is 6.26 Å². The summed E-state index contributed by atoms with van der Waals surface area (Å²) in [6, 6.07) is 3.57. The van der Waals surface area contributed by atoms with Crippen molar-refractivity contribution in [3.63, 3.8) is 0 Å². The van der Waals surface area contributed by atoms with Crippen LogP contribution in [0.4, 0.5) is 0 Å². The second-order valence-electron chi connectivity index (χ2n) is 5.29. The van der Waals surface area contributed by atoms with Gasteiger partial charge in [0.05, 0.1) is 7.11 Å². The van der Waals surface area contributed by atoms with Crippen molar-refractivity contribution >= 4 is 0 Å². The Hall–Kier alpha value is -2.70. The molecule has 1 aliphatic rings. The zero-order chi connectivity index (χ0) is 14.9. The summed E-state index contributed by atoms with van der Waals surface area (Å²) in [4.78, 5) is 12.9. The number of nitrogens with zero attached hydrogens (tertiary/aromatic N) is 4. The first-order valence-corrected chi connectivity index (χ1v) is 7.11. The van der Waals surface area contributed by atoms with E-state index in [2.05, 4.69) is 20.1 Å². The van der Waals surface area contributed by atoms with Crippen LogP contribution in [0.25, 0.3) is 23.0 Å². The average Bonchev–Trinajstić information content (AvgIpc) is 3.03. The molecule has 3 aromatic heterocycles. The number of aromatic nitrogens is 4. The van der Waals surface area contributed by atoms with E-state index in [1.807, 2.05) is 6.07 Å². The molecule has 0 spiro atoms. The van der Waals surface area contributed by atoms with Gasteiger partial charge in [0.15, 0.2) is 11.6 Å². The summed E-state index contributed by atoms with van der Waals surface area (Å²) in [5.41, 5.74) is 1.31. The summed E-state index contributed by atoms with van der Waals surface area (Å²) in [5, 5.41) is 3.95. The maximum atomic E-state index is 5.45. The molecule has 3 aromatic rings. The Labute approximate surface area is 126 Å². The Morgan fingerprint density at radius 2 is 2.18 bits per heavy atom. The zero-order valence-corrected chi connectivity index (χ0v) is 12.0. The molecule has 0 aromatic carbocycles. The SMILES string of the molecule is COc1ccc(-c2noc(-c3coc(CC4CC4)n3)n2)cn1. The van der Waals surface area contributed by atoms with Gasteiger partial charge in [0.25, 0.3) is 5.89 Å². The first kappa shape index (κ1) is 13.0. The molecule has 1 fully saturated rings. The predicted molar refractivity (Wildman–Crippen MR) is 76.0 cm³/mol. The quantitative estimate of drug-likeness (QED) is 0.715. The highest BCUT2D eigenvalue weighted by Gasteiger charge is 2.24. The van der Waals surface area contributed by atoms with Gasteiger partial charge in [-0.1, -0.05) is 5.16 Å². The fourth-order valence-corrected chi connectivity index (χ4v) is 2.15. The zero-order valence-electron chi connectivity index (χ0n) is 12.0. The monoisotopic (exact) mass is 298 g/mol. The number of hydrogen-bond donors (Lipinski definition) is 0. The highest BCUT2D eigenvalue weighted by atomic mass is 16.5. The lowest BCUT2D eigenvalue weighted by molar-refractivity contribution is 0.398. The van der Waals surface area contributed by atoms with Gasteiger partial charge >= 0.3 is 0 Å². The van der Waals surface area contributed by atoms with E-state index < -0.39 is 0 Å². The van der Waals surface area contributed by atoms with Crippen LogP contribution in [0, 0.1) is 5.92 Å². The number of rotatable bonds is 5. The maximum absolute atomic E-state index is 5.45. The topological polar surface area (TPSA) is 87.1 Å². The Morgan fingerprint density at radius 1 is 1.27 bits per heavy atom. The molecule has 112 valence electrons. The molecule has 0 radical (unpaired) electrons. The molecule has 0 atom stereocenters. The molecule has 1 aliphatic carbocycles. The van der Waals surface area contributed by atoms with Gasteiger partial charge in [-0.2, -0.15) is 4.98 Å². The molecule has 1 saturated carbocycles. The fraction of sp³-hybridized carbons (Fsp3) is 0.333. The second-order valence-corrected chi connectivity index (χ2v) is 5.29. The number of hydrogen-bond acceptors (Lipinski definition) is 7. The van der Waals surface area contributed by atoms with Crippen molar-refractivity contribution < 1.29 is 13.7 Å². The van der Waals surface area contributed by atoms with Crippen molar-refractivity contribution in [2.24, 2.45) is 5.92 Å². The normalized spacial score (nSPS) is 14.2. The molecular weight excluding hydrogens is 284 g/mol. The van der Waals surface area contributed by atoms with Crippen LogP contribution >= 0.6 is 0 Å². The van der Waals surface area contributed by atoms with E-state index in [0.717, 1.165) is 23.8 Å². The Balaban J connectivity index is 1.55. The van der Waals surface area contributed by atoms with Crippen molar-refractivity contribution in [1.82, 2.24) is 20.1 Å². The van der Waals surface area contributed by atoms with Crippen LogP contribution in [0.15, 0.2) is 33.5 Å². The van der Waals surface area contributed by atoms with Crippen LogP contribution in [0.3, 0.4) is 0 Å². The van der Waals surface area contributed by atoms with E-state index in [4.69, 9.17) is 13.7 Å². The Kier molecular flexibility index (Phi) is 3.10. The van der Waals surface area contributed by atoms with E-state index in [0.29, 0.717) is 23.3 Å².